The summed E-state index contributed by atoms with van der Waals surface area (Å²) in [5, 5.41) is 13.4. The summed E-state index contributed by atoms with van der Waals surface area (Å²) < 4.78 is 5.75. The monoisotopic (exact) mass is 405 g/mol. The molecule has 0 spiro atoms. The van der Waals surface area contributed by atoms with E-state index in [0.717, 1.165) is 0 Å². The Morgan fingerprint density at radius 3 is 2.27 bits per heavy atom. The van der Waals surface area contributed by atoms with Crippen LogP contribution in [0.3, 0.4) is 0 Å². The fraction of sp³-hybridized carbons (Fsp3) is 0.0909. The van der Waals surface area contributed by atoms with Crippen molar-refractivity contribution in [3.05, 3.63) is 93.9 Å². The zero-order valence-electron chi connectivity index (χ0n) is 16.4. The third-order valence-corrected chi connectivity index (χ3v) is 4.20. The molecule has 2 amide bonds. The molecule has 3 rings (SSSR count). The Balaban J connectivity index is 1.87. The van der Waals surface area contributed by atoms with E-state index in [1.165, 1.54) is 23.1 Å². The van der Waals surface area contributed by atoms with Gasteiger partial charge in [-0.3, -0.25) is 19.7 Å². The van der Waals surface area contributed by atoms with Crippen LogP contribution >= 0.6 is 0 Å². The lowest BCUT2D eigenvalue weighted by Gasteiger charge is -2.14. The molecule has 0 aliphatic carbocycles. The fourth-order valence-electron chi connectivity index (χ4n) is 2.65. The number of benzene rings is 2. The van der Waals surface area contributed by atoms with E-state index < -0.39 is 16.7 Å². The molecular weight excluding hydrogens is 386 g/mol. The van der Waals surface area contributed by atoms with Crippen LogP contribution in [0.5, 0.6) is 0 Å². The molecule has 0 unspecified atom stereocenters. The molecule has 8 nitrogen and oxygen atoms in total. The van der Waals surface area contributed by atoms with Crippen LogP contribution in [0.15, 0.2) is 76.8 Å². The number of rotatable bonds is 6. The first kappa shape index (κ1) is 20.5. The number of carbonyl (C=O) groups excluding carboxylic acids is 2. The van der Waals surface area contributed by atoms with Crippen LogP contribution in [0, 0.1) is 10.1 Å². The van der Waals surface area contributed by atoms with Crippen LogP contribution in [0.4, 0.5) is 5.69 Å². The highest BCUT2D eigenvalue weighted by Crippen LogP contribution is 2.25. The normalized spacial score (nSPS) is 11.1. The minimum Gasteiger partial charge on any atom is -0.457 e. The van der Waals surface area contributed by atoms with Gasteiger partial charge >= 0.3 is 0 Å². The minimum absolute atomic E-state index is 0.0204. The van der Waals surface area contributed by atoms with Gasteiger partial charge in [-0.1, -0.05) is 18.2 Å². The van der Waals surface area contributed by atoms with E-state index in [-0.39, 0.29) is 11.4 Å². The van der Waals surface area contributed by atoms with E-state index in [9.17, 15) is 19.7 Å². The molecule has 1 N–H and O–H groups in total. The number of furan rings is 1. The van der Waals surface area contributed by atoms with Crippen LogP contribution < -0.4 is 5.32 Å². The maximum atomic E-state index is 12.5. The van der Waals surface area contributed by atoms with Crippen LogP contribution in [-0.4, -0.2) is 35.7 Å². The number of non-ortho nitro benzene ring substituents is 1. The van der Waals surface area contributed by atoms with Gasteiger partial charge in [-0.2, -0.15) is 0 Å². The summed E-state index contributed by atoms with van der Waals surface area (Å²) in [5.74, 6) is 0.0101. The van der Waals surface area contributed by atoms with Crippen molar-refractivity contribution in [2.75, 3.05) is 14.1 Å². The molecule has 30 heavy (non-hydrogen) atoms. The lowest BCUT2D eigenvalue weighted by molar-refractivity contribution is -0.384. The maximum absolute atomic E-state index is 12.5. The number of amides is 2. The summed E-state index contributed by atoms with van der Waals surface area (Å²) in [4.78, 5) is 36.7. The minimum atomic E-state index is -0.478. The Morgan fingerprint density at radius 1 is 1.00 bits per heavy atom. The van der Waals surface area contributed by atoms with Crippen molar-refractivity contribution in [3.63, 3.8) is 0 Å². The molecule has 0 radical (unpaired) electrons. The first-order valence-electron chi connectivity index (χ1n) is 8.99. The van der Waals surface area contributed by atoms with Crippen molar-refractivity contribution in [1.29, 1.82) is 0 Å². The third-order valence-electron chi connectivity index (χ3n) is 4.20. The maximum Gasteiger partial charge on any atom is 0.269 e. The summed E-state index contributed by atoms with van der Waals surface area (Å²) in [6, 6.07) is 17.8. The molecule has 0 saturated carbocycles. The van der Waals surface area contributed by atoms with Crippen LogP contribution in [-0.2, 0) is 4.79 Å². The Hall–Kier alpha value is -4.20. The third kappa shape index (κ3) is 4.79. The van der Waals surface area contributed by atoms with Crippen molar-refractivity contribution >= 4 is 23.6 Å². The molecule has 2 aromatic carbocycles. The quantitative estimate of drug-likeness (QED) is 0.382. The second kappa shape index (κ2) is 8.87. The lowest BCUT2D eigenvalue weighted by atomic mass is 10.1. The Kier molecular flexibility index (Phi) is 6.07. The molecule has 0 atom stereocenters. The number of likely N-dealkylation sites (N-methyl/N-ethyl adjacent to an activating group) is 1. The Bertz CT molecular complexity index is 1100. The van der Waals surface area contributed by atoms with Crippen molar-refractivity contribution in [2.45, 2.75) is 0 Å². The zero-order valence-corrected chi connectivity index (χ0v) is 16.4. The Morgan fingerprint density at radius 2 is 1.67 bits per heavy atom. The van der Waals surface area contributed by atoms with E-state index in [4.69, 9.17) is 4.42 Å². The standard InChI is InChI=1S/C22H19N3O5/c1-24(2)22(27)19(23-21(26)16-6-4-3-5-7-16)14-18-12-13-20(30-18)15-8-10-17(11-9-15)25(28)29/h3-14H,1-2H3,(H,23,26). The first-order chi connectivity index (χ1) is 14.3. The Labute approximate surface area is 172 Å². The molecule has 8 heteroatoms. The number of hydrogen-bond acceptors (Lipinski definition) is 5. The highest BCUT2D eigenvalue weighted by Gasteiger charge is 2.17. The highest BCUT2D eigenvalue weighted by molar-refractivity contribution is 6.05. The van der Waals surface area contributed by atoms with Crippen LogP contribution in [0.2, 0.25) is 0 Å². The summed E-state index contributed by atoms with van der Waals surface area (Å²) in [5.41, 5.74) is 1.10. The molecule has 0 aliphatic heterocycles. The molecule has 152 valence electrons. The molecule has 1 heterocycles. The highest BCUT2D eigenvalue weighted by atomic mass is 16.6. The van der Waals surface area contributed by atoms with Gasteiger partial charge in [0.1, 0.15) is 17.2 Å². The average molecular weight is 405 g/mol. The molecule has 1 aromatic heterocycles. The first-order valence-corrected chi connectivity index (χ1v) is 8.99. The smallest absolute Gasteiger partial charge is 0.269 e. The molecule has 3 aromatic rings. The number of nitrogens with zero attached hydrogens (tertiary/aromatic N) is 2. The predicted molar refractivity (Wildman–Crippen MR) is 111 cm³/mol. The number of hydrogen-bond donors (Lipinski definition) is 1. The van der Waals surface area contributed by atoms with E-state index in [1.807, 2.05) is 0 Å². The van der Waals surface area contributed by atoms with Gasteiger partial charge in [-0.15, -0.1) is 0 Å². The van der Waals surface area contributed by atoms with Crippen molar-refractivity contribution in [1.82, 2.24) is 10.2 Å². The van der Waals surface area contributed by atoms with Crippen LogP contribution in [0.1, 0.15) is 16.1 Å². The molecular formula is C22H19N3O5. The van der Waals surface area contributed by atoms with Gasteiger partial charge in [-0.25, -0.2) is 0 Å². The van der Waals surface area contributed by atoms with Gasteiger partial charge in [0, 0.05) is 43.4 Å². The molecule has 0 saturated heterocycles. The molecule has 0 fully saturated rings. The van der Waals surface area contributed by atoms with Crippen molar-refractivity contribution in [2.24, 2.45) is 0 Å². The topological polar surface area (TPSA) is 106 Å². The van der Waals surface area contributed by atoms with Crippen molar-refractivity contribution in [3.8, 4) is 11.3 Å². The fourth-order valence-corrected chi connectivity index (χ4v) is 2.65. The summed E-state index contributed by atoms with van der Waals surface area (Å²) in [6.45, 7) is 0. The lowest BCUT2D eigenvalue weighted by Crippen LogP contribution is -2.34. The zero-order chi connectivity index (χ0) is 21.7. The van der Waals surface area contributed by atoms with Gasteiger partial charge in [0.15, 0.2) is 0 Å². The van der Waals surface area contributed by atoms with Gasteiger partial charge in [0.2, 0.25) is 0 Å². The SMILES string of the molecule is CN(C)C(=O)C(=Cc1ccc(-c2ccc([N+](=O)[O-])cc2)o1)NC(=O)c1ccccc1. The summed E-state index contributed by atoms with van der Waals surface area (Å²) in [6.07, 6.45) is 1.44. The van der Waals surface area contributed by atoms with Gasteiger partial charge in [0.05, 0.1) is 4.92 Å². The second-order valence-corrected chi connectivity index (χ2v) is 6.58. The van der Waals surface area contributed by atoms with Crippen molar-refractivity contribution < 1.29 is 18.9 Å². The van der Waals surface area contributed by atoms with Gasteiger partial charge in [-0.05, 0) is 36.4 Å². The van der Waals surface area contributed by atoms with E-state index >= 15 is 0 Å². The largest absolute Gasteiger partial charge is 0.457 e. The van der Waals surface area contributed by atoms with Gasteiger partial charge < -0.3 is 14.6 Å². The number of nitrogens with one attached hydrogen (secondary N) is 1. The number of nitro groups is 1. The van der Waals surface area contributed by atoms with E-state index in [1.54, 1.807) is 68.7 Å². The number of nitro benzene ring substituents is 1. The summed E-state index contributed by atoms with van der Waals surface area (Å²) in [7, 11) is 3.16. The second-order valence-electron chi connectivity index (χ2n) is 6.58. The number of carbonyl (C=O) groups is 2. The average Bonchev–Trinajstić information content (AvgIpc) is 3.21. The molecule has 0 aliphatic rings. The summed E-state index contributed by atoms with van der Waals surface area (Å²) >= 11 is 0. The van der Waals surface area contributed by atoms with E-state index in [0.29, 0.717) is 22.6 Å². The molecule has 0 bridgehead atoms. The van der Waals surface area contributed by atoms with Gasteiger partial charge in [0.25, 0.3) is 17.5 Å². The van der Waals surface area contributed by atoms with Crippen LogP contribution in [0.25, 0.3) is 17.4 Å². The van der Waals surface area contributed by atoms with E-state index in [2.05, 4.69) is 5.32 Å². The predicted octanol–water partition coefficient (Wildman–Crippen LogP) is 3.71.